The molecule has 23 heavy (non-hydrogen) atoms. The van der Waals surface area contributed by atoms with Gasteiger partial charge in [-0.25, -0.2) is 0 Å². The predicted molar refractivity (Wildman–Crippen MR) is 93.0 cm³/mol. The minimum Gasteiger partial charge on any atom is -0.347 e. The molecule has 2 aliphatic heterocycles. The van der Waals surface area contributed by atoms with Crippen LogP contribution < -0.4 is 4.90 Å². The number of carbonyl (C=O) groups excluding carboxylic acids is 1. The Morgan fingerprint density at radius 2 is 2.09 bits per heavy atom. The smallest absolute Gasteiger partial charge is 0.226 e. The summed E-state index contributed by atoms with van der Waals surface area (Å²) in [5.41, 5.74) is 1.34. The van der Waals surface area contributed by atoms with Crippen molar-refractivity contribution < 1.29 is 4.79 Å². The molecule has 1 fully saturated rings. The SMILES string of the molecule is Cc1nnc(N2CCC(C(=O)N3CCc4sccc4C3)CC2)s1. The summed E-state index contributed by atoms with van der Waals surface area (Å²) in [6, 6.07) is 2.17. The number of aromatic nitrogens is 2. The molecule has 4 heterocycles. The average Bonchev–Trinajstić information content (AvgIpc) is 3.22. The summed E-state index contributed by atoms with van der Waals surface area (Å²) in [6.45, 7) is 5.47. The molecule has 1 saturated heterocycles. The van der Waals surface area contributed by atoms with Crippen molar-refractivity contribution in [1.29, 1.82) is 0 Å². The molecule has 1 amide bonds. The zero-order chi connectivity index (χ0) is 15.8. The van der Waals surface area contributed by atoms with E-state index in [1.807, 2.05) is 18.3 Å². The first-order valence-electron chi connectivity index (χ1n) is 8.10. The molecule has 2 aromatic rings. The summed E-state index contributed by atoms with van der Waals surface area (Å²) in [7, 11) is 0. The molecule has 0 radical (unpaired) electrons. The number of thiophene rings is 1. The third kappa shape index (κ3) is 2.99. The number of hydrogen-bond donors (Lipinski definition) is 0. The zero-order valence-corrected chi connectivity index (χ0v) is 14.8. The summed E-state index contributed by atoms with van der Waals surface area (Å²) in [5, 5.41) is 12.4. The number of rotatable bonds is 2. The van der Waals surface area contributed by atoms with Crippen LogP contribution in [0.25, 0.3) is 0 Å². The highest BCUT2D eigenvalue weighted by molar-refractivity contribution is 7.15. The molecule has 0 N–H and O–H groups in total. The van der Waals surface area contributed by atoms with Gasteiger partial charge in [-0.3, -0.25) is 4.79 Å². The van der Waals surface area contributed by atoms with Crippen LogP contribution in [-0.4, -0.2) is 40.6 Å². The molecule has 5 nitrogen and oxygen atoms in total. The lowest BCUT2D eigenvalue weighted by molar-refractivity contribution is -0.137. The van der Waals surface area contributed by atoms with Gasteiger partial charge in [0.15, 0.2) is 0 Å². The molecular formula is C16H20N4OS2. The summed E-state index contributed by atoms with van der Waals surface area (Å²) in [5.74, 6) is 0.510. The lowest BCUT2D eigenvalue weighted by Gasteiger charge is -2.35. The Kier molecular flexibility index (Phi) is 4.07. The first kappa shape index (κ1) is 15.1. The van der Waals surface area contributed by atoms with Crippen LogP contribution in [-0.2, 0) is 17.8 Å². The highest BCUT2D eigenvalue weighted by Gasteiger charge is 2.31. The molecule has 0 atom stereocenters. The monoisotopic (exact) mass is 348 g/mol. The van der Waals surface area contributed by atoms with Gasteiger partial charge in [-0.15, -0.1) is 21.5 Å². The van der Waals surface area contributed by atoms with Crippen molar-refractivity contribution in [3.63, 3.8) is 0 Å². The van der Waals surface area contributed by atoms with Gasteiger partial charge in [0.2, 0.25) is 11.0 Å². The van der Waals surface area contributed by atoms with E-state index < -0.39 is 0 Å². The topological polar surface area (TPSA) is 49.3 Å². The number of carbonyl (C=O) groups is 1. The Morgan fingerprint density at radius 1 is 1.26 bits per heavy atom. The summed E-state index contributed by atoms with van der Waals surface area (Å²) < 4.78 is 0. The zero-order valence-electron chi connectivity index (χ0n) is 13.2. The fraction of sp³-hybridized carbons (Fsp3) is 0.562. The van der Waals surface area contributed by atoms with E-state index >= 15 is 0 Å². The van der Waals surface area contributed by atoms with E-state index in [9.17, 15) is 4.79 Å². The summed E-state index contributed by atoms with van der Waals surface area (Å²) in [6.07, 6.45) is 2.86. The van der Waals surface area contributed by atoms with Gasteiger partial charge in [-0.1, -0.05) is 11.3 Å². The molecule has 4 rings (SSSR count). The van der Waals surface area contributed by atoms with E-state index in [0.29, 0.717) is 5.91 Å². The molecule has 0 saturated carbocycles. The van der Waals surface area contributed by atoms with Crippen molar-refractivity contribution in [1.82, 2.24) is 15.1 Å². The summed E-state index contributed by atoms with van der Waals surface area (Å²) >= 11 is 3.45. The molecule has 2 aliphatic rings. The third-order valence-corrected chi connectivity index (χ3v) is 6.67. The second kappa shape index (κ2) is 6.20. The second-order valence-corrected chi connectivity index (χ2v) is 8.40. The van der Waals surface area contributed by atoms with E-state index in [1.165, 1.54) is 10.4 Å². The van der Waals surface area contributed by atoms with Gasteiger partial charge >= 0.3 is 0 Å². The molecule has 0 unspecified atom stereocenters. The Bertz CT molecular complexity index is 703. The van der Waals surface area contributed by atoms with Gasteiger partial charge in [0.25, 0.3) is 0 Å². The number of fused-ring (bicyclic) bond motifs is 1. The van der Waals surface area contributed by atoms with Crippen LogP contribution in [0.1, 0.15) is 28.3 Å². The van der Waals surface area contributed by atoms with Gasteiger partial charge in [0.05, 0.1) is 0 Å². The quantitative estimate of drug-likeness (QED) is 0.837. The fourth-order valence-corrected chi connectivity index (χ4v) is 5.06. The number of anilines is 1. The Morgan fingerprint density at radius 3 is 2.83 bits per heavy atom. The normalized spacial score (nSPS) is 19.0. The van der Waals surface area contributed by atoms with Crippen molar-refractivity contribution in [2.24, 2.45) is 5.92 Å². The van der Waals surface area contributed by atoms with Crippen LogP contribution >= 0.6 is 22.7 Å². The van der Waals surface area contributed by atoms with Crippen LogP contribution in [0.2, 0.25) is 0 Å². The standard InChI is InChI=1S/C16H20N4OS2/c1-11-17-18-16(23-11)19-6-2-12(3-7-19)15(21)20-8-4-14-13(10-20)5-9-22-14/h5,9,12H,2-4,6-8,10H2,1H3. The number of aryl methyl sites for hydroxylation is 1. The van der Waals surface area contributed by atoms with Crippen LogP contribution in [0.3, 0.4) is 0 Å². The number of amides is 1. The van der Waals surface area contributed by atoms with Crippen LogP contribution in [0.5, 0.6) is 0 Å². The Hall–Kier alpha value is -1.47. The van der Waals surface area contributed by atoms with Gasteiger partial charge in [-0.2, -0.15) is 0 Å². The molecule has 0 spiro atoms. The maximum atomic E-state index is 12.8. The lowest BCUT2D eigenvalue weighted by atomic mass is 9.94. The first-order chi connectivity index (χ1) is 11.2. The third-order valence-electron chi connectivity index (χ3n) is 4.75. The molecule has 0 aliphatic carbocycles. The van der Waals surface area contributed by atoms with E-state index in [4.69, 9.17) is 0 Å². The highest BCUT2D eigenvalue weighted by atomic mass is 32.1. The Labute approximate surface area is 143 Å². The highest BCUT2D eigenvalue weighted by Crippen LogP contribution is 2.29. The molecule has 122 valence electrons. The lowest BCUT2D eigenvalue weighted by Crippen LogP contribution is -2.44. The van der Waals surface area contributed by atoms with Crippen molar-refractivity contribution in [3.05, 3.63) is 26.9 Å². The second-order valence-electron chi connectivity index (χ2n) is 6.24. The fourth-order valence-electron chi connectivity index (χ4n) is 3.43. The number of hydrogen-bond acceptors (Lipinski definition) is 6. The van der Waals surface area contributed by atoms with Crippen molar-refractivity contribution in [3.8, 4) is 0 Å². The van der Waals surface area contributed by atoms with Crippen molar-refractivity contribution in [2.75, 3.05) is 24.5 Å². The van der Waals surface area contributed by atoms with Crippen molar-refractivity contribution in [2.45, 2.75) is 32.7 Å². The van der Waals surface area contributed by atoms with Crippen LogP contribution in [0.4, 0.5) is 5.13 Å². The van der Waals surface area contributed by atoms with Gasteiger partial charge in [-0.05, 0) is 43.2 Å². The van der Waals surface area contributed by atoms with Gasteiger partial charge in [0.1, 0.15) is 5.01 Å². The molecule has 7 heteroatoms. The first-order valence-corrected chi connectivity index (χ1v) is 9.79. The van der Waals surface area contributed by atoms with E-state index in [0.717, 1.165) is 55.6 Å². The van der Waals surface area contributed by atoms with E-state index in [2.05, 4.69) is 31.4 Å². The predicted octanol–water partition coefficient (Wildman–Crippen LogP) is 2.71. The maximum absolute atomic E-state index is 12.8. The number of piperidine rings is 1. The van der Waals surface area contributed by atoms with Gasteiger partial charge in [0, 0.05) is 37.0 Å². The van der Waals surface area contributed by atoms with E-state index in [1.54, 1.807) is 11.3 Å². The molecule has 0 aromatic carbocycles. The largest absolute Gasteiger partial charge is 0.347 e. The van der Waals surface area contributed by atoms with Crippen LogP contribution in [0.15, 0.2) is 11.4 Å². The number of nitrogens with zero attached hydrogens (tertiary/aromatic N) is 4. The maximum Gasteiger partial charge on any atom is 0.226 e. The van der Waals surface area contributed by atoms with Gasteiger partial charge < -0.3 is 9.80 Å². The minimum atomic E-state index is 0.167. The minimum absolute atomic E-state index is 0.167. The van der Waals surface area contributed by atoms with Crippen LogP contribution in [0, 0.1) is 12.8 Å². The summed E-state index contributed by atoms with van der Waals surface area (Å²) in [4.78, 5) is 18.6. The average molecular weight is 348 g/mol. The Balaban J connectivity index is 1.36. The molecule has 0 bridgehead atoms. The molecular weight excluding hydrogens is 328 g/mol. The molecule has 2 aromatic heterocycles. The van der Waals surface area contributed by atoms with E-state index in [-0.39, 0.29) is 5.92 Å². The van der Waals surface area contributed by atoms with Crippen molar-refractivity contribution >= 4 is 33.7 Å².